The van der Waals surface area contributed by atoms with Crippen molar-refractivity contribution >= 4 is 23.7 Å². The van der Waals surface area contributed by atoms with Gasteiger partial charge in [0, 0.05) is 29.6 Å². The number of aromatic nitrogens is 2. The molecule has 1 aliphatic carbocycles. The van der Waals surface area contributed by atoms with Gasteiger partial charge in [0.25, 0.3) is 5.91 Å². The number of carbonyl (C=O) groups is 3. The van der Waals surface area contributed by atoms with E-state index < -0.39 is 17.6 Å². The maximum Gasteiger partial charge on any atom is 0.349 e. The van der Waals surface area contributed by atoms with Crippen LogP contribution in [0.1, 0.15) is 43.5 Å². The quantitative estimate of drug-likeness (QED) is 0.315. The van der Waals surface area contributed by atoms with Crippen LogP contribution in [-0.2, 0) is 9.47 Å². The molecule has 1 N–H and O–H groups in total. The molecule has 9 nitrogen and oxygen atoms in total. The Labute approximate surface area is 230 Å². The number of benzene rings is 3. The largest absolute Gasteiger partial charge is 0.462 e. The summed E-state index contributed by atoms with van der Waals surface area (Å²) in [5.74, 6) is -1.59. The molecule has 0 aliphatic heterocycles. The molecule has 3 aromatic carbocycles. The van der Waals surface area contributed by atoms with Gasteiger partial charge in [-0.2, -0.15) is 4.98 Å². The monoisotopic (exact) mass is 537 g/mol. The zero-order valence-corrected chi connectivity index (χ0v) is 21.5. The normalized spacial score (nSPS) is 17.8. The number of anilines is 1. The molecule has 4 aromatic rings. The van der Waals surface area contributed by atoms with Crippen LogP contribution in [0, 0.1) is 11.8 Å². The molecule has 1 aromatic heterocycles. The van der Waals surface area contributed by atoms with Crippen LogP contribution in [0.25, 0.3) is 0 Å². The minimum atomic E-state index is -0.546. The Morgan fingerprint density at radius 1 is 0.750 bits per heavy atom. The zero-order valence-electron chi connectivity index (χ0n) is 21.5. The maximum absolute atomic E-state index is 13.0. The van der Waals surface area contributed by atoms with Gasteiger partial charge in [0.2, 0.25) is 0 Å². The van der Waals surface area contributed by atoms with Gasteiger partial charge in [0.1, 0.15) is 5.82 Å². The topological polar surface area (TPSA) is 117 Å². The van der Waals surface area contributed by atoms with Gasteiger partial charge < -0.3 is 14.8 Å². The molecule has 40 heavy (non-hydrogen) atoms. The Morgan fingerprint density at radius 3 is 1.82 bits per heavy atom. The molecule has 0 unspecified atom stereocenters. The van der Waals surface area contributed by atoms with E-state index in [1.807, 2.05) is 6.07 Å². The fraction of sp³-hybridized carbons (Fsp3) is 0.194. The first-order valence-electron chi connectivity index (χ1n) is 12.9. The summed E-state index contributed by atoms with van der Waals surface area (Å²) in [6, 6.07) is 27.2. The highest BCUT2D eigenvalue weighted by Crippen LogP contribution is 2.44. The summed E-state index contributed by atoms with van der Waals surface area (Å²) in [5.41, 5.74) is 0.761. The number of nitrogens with one attached hydrogen (secondary N) is 1. The second-order valence-electron chi connectivity index (χ2n) is 9.48. The van der Waals surface area contributed by atoms with Crippen molar-refractivity contribution < 1.29 is 23.9 Å². The summed E-state index contributed by atoms with van der Waals surface area (Å²) in [4.78, 5) is 54.5. The van der Waals surface area contributed by atoms with E-state index in [1.54, 1.807) is 97.2 Å². The van der Waals surface area contributed by atoms with E-state index >= 15 is 0 Å². The molecule has 0 spiro atoms. The lowest BCUT2D eigenvalue weighted by Crippen LogP contribution is -2.47. The SMILES string of the molecule is O=C(Nc1ccn([C@H]2C[C@@H](COC(=O)c3ccccc3)[C@@H]2COC(=O)c2ccccc2)c(=O)n1)c1ccccc1. The first kappa shape index (κ1) is 26.6. The number of nitrogens with zero attached hydrogens (tertiary/aromatic N) is 2. The van der Waals surface area contributed by atoms with Crippen molar-refractivity contribution in [3.05, 3.63) is 130 Å². The average Bonchev–Trinajstić information content (AvgIpc) is 2.98. The molecule has 0 bridgehead atoms. The molecule has 0 radical (unpaired) electrons. The average molecular weight is 538 g/mol. The maximum atomic E-state index is 13.0. The van der Waals surface area contributed by atoms with Gasteiger partial charge in [-0.15, -0.1) is 0 Å². The summed E-state index contributed by atoms with van der Waals surface area (Å²) >= 11 is 0. The highest BCUT2D eigenvalue weighted by atomic mass is 16.5. The minimum absolute atomic E-state index is 0.0326. The van der Waals surface area contributed by atoms with Crippen LogP contribution in [0.2, 0.25) is 0 Å². The van der Waals surface area contributed by atoms with Crippen molar-refractivity contribution in [2.45, 2.75) is 12.5 Å². The van der Waals surface area contributed by atoms with Crippen molar-refractivity contribution in [2.75, 3.05) is 18.5 Å². The lowest BCUT2D eigenvalue weighted by atomic mass is 9.69. The van der Waals surface area contributed by atoms with Crippen molar-refractivity contribution in [2.24, 2.45) is 11.8 Å². The smallest absolute Gasteiger partial charge is 0.349 e. The second-order valence-corrected chi connectivity index (χ2v) is 9.48. The number of ether oxygens (including phenoxy) is 2. The molecule has 9 heteroatoms. The molecule has 1 fully saturated rings. The molecule has 1 aliphatic rings. The summed E-state index contributed by atoms with van der Waals surface area (Å²) in [5, 5.41) is 2.64. The molecule has 202 valence electrons. The van der Waals surface area contributed by atoms with Crippen LogP contribution in [0.15, 0.2) is 108 Å². The fourth-order valence-electron chi connectivity index (χ4n) is 4.72. The molecular formula is C31H27N3O6. The number of amides is 1. The van der Waals surface area contributed by atoms with Gasteiger partial charge >= 0.3 is 17.6 Å². The number of rotatable bonds is 9. The van der Waals surface area contributed by atoms with E-state index in [4.69, 9.17) is 9.47 Å². The lowest BCUT2D eigenvalue weighted by Gasteiger charge is -2.44. The predicted octanol–water partition coefficient (Wildman–Crippen LogP) is 4.39. The summed E-state index contributed by atoms with van der Waals surface area (Å²) in [6.45, 7) is 0.149. The van der Waals surface area contributed by atoms with E-state index in [9.17, 15) is 19.2 Å². The van der Waals surface area contributed by atoms with Crippen molar-refractivity contribution in [3.8, 4) is 0 Å². The van der Waals surface area contributed by atoms with Crippen molar-refractivity contribution in [1.82, 2.24) is 9.55 Å². The number of esters is 2. The van der Waals surface area contributed by atoms with Crippen LogP contribution >= 0.6 is 0 Å². The van der Waals surface area contributed by atoms with Crippen molar-refractivity contribution in [1.29, 1.82) is 0 Å². The Balaban J connectivity index is 1.28. The number of hydrogen-bond donors (Lipinski definition) is 1. The third-order valence-electron chi connectivity index (χ3n) is 6.96. The fourth-order valence-corrected chi connectivity index (χ4v) is 4.72. The summed E-state index contributed by atoms with van der Waals surface area (Å²) in [6.07, 6.45) is 2.09. The highest BCUT2D eigenvalue weighted by Gasteiger charge is 2.44. The third kappa shape index (κ3) is 6.15. The van der Waals surface area contributed by atoms with Crippen molar-refractivity contribution in [3.63, 3.8) is 0 Å². The molecule has 1 amide bonds. The minimum Gasteiger partial charge on any atom is -0.462 e. The lowest BCUT2D eigenvalue weighted by molar-refractivity contribution is -0.0329. The number of carbonyl (C=O) groups excluding carboxylic acids is 3. The van der Waals surface area contributed by atoms with Crippen LogP contribution in [0.5, 0.6) is 0 Å². The van der Waals surface area contributed by atoms with Crippen LogP contribution in [0.4, 0.5) is 5.82 Å². The molecule has 1 saturated carbocycles. The first-order valence-corrected chi connectivity index (χ1v) is 12.9. The standard InChI is InChI=1S/C31H27N3O6/c35-28(21-10-4-1-5-11-21)32-27-16-17-34(31(38)33-27)26-18-24(19-39-29(36)22-12-6-2-7-13-22)25(26)20-40-30(37)23-14-8-3-9-15-23/h1-17,24-26H,18-20H2,(H,32,33,35,38)/t24-,25-,26-/m0/s1. The van der Waals surface area contributed by atoms with Gasteiger partial charge in [0.05, 0.1) is 24.3 Å². The van der Waals surface area contributed by atoms with E-state index in [-0.39, 0.29) is 42.8 Å². The third-order valence-corrected chi connectivity index (χ3v) is 6.96. The Morgan fingerprint density at radius 2 is 1.27 bits per heavy atom. The Hall–Kier alpha value is -5.05. The van der Waals surface area contributed by atoms with E-state index in [1.165, 1.54) is 4.57 Å². The molecule has 5 rings (SSSR count). The zero-order chi connectivity index (χ0) is 27.9. The van der Waals surface area contributed by atoms with E-state index in [0.717, 1.165) is 0 Å². The van der Waals surface area contributed by atoms with Gasteiger partial charge in [0.15, 0.2) is 0 Å². The van der Waals surface area contributed by atoms with Gasteiger partial charge in [-0.25, -0.2) is 14.4 Å². The van der Waals surface area contributed by atoms with Gasteiger partial charge in [-0.3, -0.25) is 9.36 Å². The molecule has 3 atom stereocenters. The summed E-state index contributed by atoms with van der Waals surface area (Å²) < 4.78 is 12.6. The number of hydrogen-bond acceptors (Lipinski definition) is 7. The Kier molecular flexibility index (Phi) is 8.10. The second kappa shape index (κ2) is 12.2. The van der Waals surface area contributed by atoms with Crippen LogP contribution in [-0.4, -0.2) is 40.6 Å². The molecule has 1 heterocycles. The van der Waals surface area contributed by atoms with E-state index in [2.05, 4.69) is 10.3 Å². The van der Waals surface area contributed by atoms with Gasteiger partial charge in [-0.05, 0) is 48.9 Å². The molecular weight excluding hydrogens is 510 g/mol. The van der Waals surface area contributed by atoms with Crippen LogP contribution < -0.4 is 11.0 Å². The Bertz CT molecular complexity index is 1540. The highest BCUT2D eigenvalue weighted by molar-refractivity contribution is 6.03. The summed E-state index contributed by atoms with van der Waals surface area (Å²) in [7, 11) is 0. The molecule has 0 saturated heterocycles. The predicted molar refractivity (Wildman–Crippen MR) is 147 cm³/mol. The van der Waals surface area contributed by atoms with E-state index in [0.29, 0.717) is 23.1 Å². The van der Waals surface area contributed by atoms with Gasteiger partial charge in [-0.1, -0.05) is 54.6 Å². The first-order chi connectivity index (χ1) is 19.5. The van der Waals surface area contributed by atoms with Crippen LogP contribution in [0.3, 0.4) is 0 Å².